The summed E-state index contributed by atoms with van der Waals surface area (Å²) in [6.07, 6.45) is 0. The van der Waals surface area contributed by atoms with Crippen LogP contribution in [0.3, 0.4) is 0 Å². The molecule has 0 aliphatic carbocycles. The summed E-state index contributed by atoms with van der Waals surface area (Å²) in [5, 5.41) is 14.1. The van der Waals surface area contributed by atoms with Crippen LogP contribution in [0, 0.1) is 10.1 Å². The molecule has 7 nitrogen and oxygen atoms in total. The molecule has 0 spiro atoms. The van der Waals surface area contributed by atoms with Gasteiger partial charge in [0.2, 0.25) is 0 Å². The number of nitrogens with one attached hydrogen (secondary N) is 1. The Kier molecular flexibility index (Phi) is 5.26. The van der Waals surface area contributed by atoms with E-state index in [9.17, 15) is 14.9 Å². The summed E-state index contributed by atoms with van der Waals surface area (Å²) in [5.74, 6) is -0.209. The van der Waals surface area contributed by atoms with Gasteiger partial charge in [0.1, 0.15) is 5.69 Å². The van der Waals surface area contributed by atoms with Gasteiger partial charge in [-0.3, -0.25) is 14.9 Å². The second kappa shape index (κ2) is 6.53. The molecule has 7 heteroatoms. The first-order valence-electron chi connectivity index (χ1n) is 6.47. The Hall–Kier alpha value is -2.15. The van der Waals surface area contributed by atoms with Gasteiger partial charge in [0, 0.05) is 39.4 Å². The zero-order valence-corrected chi connectivity index (χ0v) is 13.0. The molecule has 0 saturated heterocycles. The summed E-state index contributed by atoms with van der Waals surface area (Å²) in [6.45, 7) is 4.10. The van der Waals surface area contributed by atoms with Crippen LogP contribution in [0.1, 0.15) is 24.2 Å². The lowest BCUT2D eigenvalue weighted by Crippen LogP contribution is -2.32. The van der Waals surface area contributed by atoms with Crippen LogP contribution in [0.4, 0.5) is 11.4 Å². The van der Waals surface area contributed by atoms with Crippen molar-refractivity contribution in [3.05, 3.63) is 33.9 Å². The first kappa shape index (κ1) is 16.9. The van der Waals surface area contributed by atoms with Crippen molar-refractivity contribution in [2.45, 2.75) is 19.4 Å². The summed E-state index contributed by atoms with van der Waals surface area (Å²) in [7, 11) is 4.83. The fourth-order valence-electron chi connectivity index (χ4n) is 1.61. The first-order chi connectivity index (χ1) is 9.68. The van der Waals surface area contributed by atoms with E-state index in [0.717, 1.165) is 0 Å². The lowest BCUT2D eigenvalue weighted by atomic mass is 10.1. The van der Waals surface area contributed by atoms with Crippen LogP contribution >= 0.6 is 0 Å². The molecule has 0 atom stereocenters. The molecule has 21 heavy (non-hydrogen) atoms. The standard InChI is InChI=1S/C14H21N3O4/c1-14(2,21-5)9-15-11-8-10(13(18)16(3)4)6-7-12(11)17(19)20/h6-8,15H,9H2,1-5H3. The highest BCUT2D eigenvalue weighted by atomic mass is 16.6. The molecule has 1 aromatic rings. The van der Waals surface area contributed by atoms with Gasteiger partial charge in [-0.25, -0.2) is 0 Å². The smallest absolute Gasteiger partial charge is 0.292 e. The number of nitrogens with zero attached hydrogens (tertiary/aromatic N) is 2. The minimum Gasteiger partial charge on any atom is -0.377 e. The Morgan fingerprint density at radius 1 is 1.43 bits per heavy atom. The van der Waals surface area contributed by atoms with E-state index >= 15 is 0 Å². The lowest BCUT2D eigenvalue weighted by Gasteiger charge is -2.23. The summed E-state index contributed by atoms with van der Waals surface area (Å²) < 4.78 is 5.27. The molecule has 1 aromatic carbocycles. The van der Waals surface area contributed by atoms with Gasteiger partial charge >= 0.3 is 0 Å². The highest BCUT2D eigenvalue weighted by Gasteiger charge is 2.21. The van der Waals surface area contributed by atoms with Crippen LogP contribution in [-0.4, -0.2) is 49.1 Å². The second-order valence-electron chi connectivity index (χ2n) is 5.51. The van der Waals surface area contributed by atoms with Crippen LogP contribution in [-0.2, 0) is 4.74 Å². The lowest BCUT2D eigenvalue weighted by molar-refractivity contribution is -0.384. The number of hydrogen-bond donors (Lipinski definition) is 1. The zero-order valence-electron chi connectivity index (χ0n) is 13.0. The maximum absolute atomic E-state index is 11.9. The van der Waals surface area contributed by atoms with E-state index in [-0.39, 0.29) is 11.6 Å². The molecule has 0 aliphatic heterocycles. The van der Waals surface area contributed by atoms with Crippen molar-refractivity contribution in [1.82, 2.24) is 4.90 Å². The van der Waals surface area contributed by atoms with E-state index in [1.807, 2.05) is 13.8 Å². The maximum atomic E-state index is 11.9. The molecule has 0 unspecified atom stereocenters. The molecule has 116 valence electrons. The number of nitro groups is 1. The van der Waals surface area contributed by atoms with Crippen molar-refractivity contribution >= 4 is 17.3 Å². The van der Waals surface area contributed by atoms with Crippen molar-refractivity contribution in [2.75, 3.05) is 33.1 Å². The van der Waals surface area contributed by atoms with E-state index in [1.54, 1.807) is 21.2 Å². The third-order valence-electron chi connectivity index (χ3n) is 3.10. The van der Waals surface area contributed by atoms with Crippen LogP contribution in [0.2, 0.25) is 0 Å². The van der Waals surface area contributed by atoms with Crippen molar-refractivity contribution in [1.29, 1.82) is 0 Å². The normalized spacial score (nSPS) is 11.1. The zero-order chi connectivity index (χ0) is 16.2. The average Bonchev–Trinajstić information content (AvgIpc) is 2.43. The Bertz CT molecular complexity index is 541. The molecule has 1 amide bonds. The summed E-state index contributed by atoms with van der Waals surface area (Å²) >= 11 is 0. The fourth-order valence-corrected chi connectivity index (χ4v) is 1.61. The highest BCUT2D eigenvalue weighted by molar-refractivity contribution is 5.95. The topological polar surface area (TPSA) is 84.7 Å². The quantitative estimate of drug-likeness (QED) is 0.642. The maximum Gasteiger partial charge on any atom is 0.292 e. The summed E-state index contributed by atoms with van der Waals surface area (Å²) in [5.41, 5.74) is 0.147. The number of amides is 1. The Morgan fingerprint density at radius 3 is 2.52 bits per heavy atom. The second-order valence-corrected chi connectivity index (χ2v) is 5.51. The third-order valence-corrected chi connectivity index (χ3v) is 3.10. The van der Waals surface area contributed by atoms with Gasteiger partial charge in [-0.05, 0) is 26.0 Å². The Balaban J connectivity index is 3.10. The van der Waals surface area contributed by atoms with Gasteiger partial charge in [-0.15, -0.1) is 0 Å². The average molecular weight is 295 g/mol. The van der Waals surface area contributed by atoms with Crippen LogP contribution in [0.5, 0.6) is 0 Å². The van der Waals surface area contributed by atoms with Gasteiger partial charge in [0.25, 0.3) is 11.6 Å². The molecule has 0 aliphatic rings. The van der Waals surface area contributed by atoms with E-state index in [1.165, 1.54) is 23.1 Å². The van der Waals surface area contributed by atoms with Gasteiger partial charge in [-0.1, -0.05) is 0 Å². The number of carbonyl (C=O) groups excluding carboxylic acids is 1. The molecule has 0 heterocycles. The number of rotatable bonds is 6. The van der Waals surface area contributed by atoms with E-state index in [2.05, 4.69) is 5.32 Å². The van der Waals surface area contributed by atoms with Crippen molar-refractivity contribution in [3.8, 4) is 0 Å². The van der Waals surface area contributed by atoms with E-state index in [0.29, 0.717) is 17.8 Å². The molecule has 1 rings (SSSR count). The molecule has 0 fully saturated rings. The van der Waals surface area contributed by atoms with Crippen LogP contribution in [0.25, 0.3) is 0 Å². The van der Waals surface area contributed by atoms with Gasteiger partial charge in [0.05, 0.1) is 10.5 Å². The minimum atomic E-state index is -0.480. The van der Waals surface area contributed by atoms with Crippen molar-refractivity contribution in [2.24, 2.45) is 0 Å². The summed E-state index contributed by atoms with van der Waals surface area (Å²) in [4.78, 5) is 23.9. The van der Waals surface area contributed by atoms with Crippen LogP contribution in [0.15, 0.2) is 18.2 Å². The summed E-state index contributed by atoms with van der Waals surface area (Å²) in [6, 6.07) is 4.28. The van der Waals surface area contributed by atoms with Crippen LogP contribution < -0.4 is 5.32 Å². The predicted octanol–water partition coefficient (Wildman–Crippen LogP) is 2.13. The molecule has 0 aromatic heterocycles. The van der Waals surface area contributed by atoms with E-state index in [4.69, 9.17) is 4.74 Å². The number of hydrogen-bond acceptors (Lipinski definition) is 5. The number of methoxy groups -OCH3 is 1. The predicted molar refractivity (Wildman–Crippen MR) is 80.7 cm³/mol. The van der Waals surface area contributed by atoms with Crippen molar-refractivity contribution < 1.29 is 14.5 Å². The largest absolute Gasteiger partial charge is 0.377 e. The van der Waals surface area contributed by atoms with Gasteiger partial charge in [0.15, 0.2) is 0 Å². The molecule has 1 N–H and O–H groups in total. The molecular weight excluding hydrogens is 274 g/mol. The molecule has 0 bridgehead atoms. The monoisotopic (exact) mass is 295 g/mol. The number of ether oxygens (including phenoxy) is 1. The SMILES string of the molecule is COC(C)(C)CNc1cc(C(=O)N(C)C)ccc1[N+](=O)[O-]. The number of carbonyl (C=O) groups is 1. The van der Waals surface area contributed by atoms with Crippen molar-refractivity contribution in [3.63, 3.8) is 0 Å². The number of benzene rings is 1. The van der Waals surface area contributed by atoms with Gasteiger partial charge < -0.3 is 15.0 Å². The third kappa shape index (κ3) is 4.42. The Morgan fingerprint density at radius 2 is 2.05 bits per heavy atom. The Labute approximate surface area is 124 Å². The highest BCUT2D eigenvalue weighted by Crippen LogP contribution is 2.26. The van der Waals surface area contributed by atoms with Gasteiger partial charge in [-0.2, -0.15) is 0 Å². The number of nitro benzene ring substituents is 1. The molecule has 0 radical (unpaired) electrons. The molecule has 0 saturated carbocycles. The number of anilines is 1. The first-order valence-corrected chi connectivity index (χ1v) is 6.47. The van der Waals surface area contributed by atoms with E-state index < -0.39 is 10.5 Å². The fraction of sp³-hybridized carbons (Fsp3) is 0.500. The molecular formula is C14H21N3O4. The minimum absolute atomic E-state index is 0.0720.